The summed E-state index contributed by atoms with van der Waals surface area (Å²) in [7, 11) is 0.300. The van der Waals surface area contributed by atoms with Gasteiger partial charge >= 0.3 is 16.4 Å². The molecule has 4 heterocycles. The molecule has 238 valence electrons. The maximum absolute atomic E-state index is 14.0. The molecule has 0 aliphatic carbocycles. The summed E-state index contributed by atoms with van der Waals surface area (Å²) < 4.78 is 83.3. The lowest BCUT2D eigenvalue weighted by Crippen LogP contribution is -2.27. The van der Waals surface area contributed by atoms with Gasteiger partial charge in [0.2, 0.25) is 0 Å². The van der Waals surface area contributed by atoms with E-state index in [2.05, 4.69) is 20.1 Å². The van der Waals surface area contributed by atoms with Crippen molar-refractivity contribution in [3.8, 4) is 34.4 Å². The van der Waals surface area contributed by atoms with Crippen LogP contribution in [0.25, 0.3) is 28.6 Å². The molecule has 0 saturated heterocycles. The van der Waals surface area contributed by atoms with Crippen LogP contribution in [-0.2, 0) is 29.5 Å². The van der Waals surface area contributed by atoms with Crippen molar-refractivity contribution >= 4 is 15.9 Å². The topological polar surface area (TPSA) is 122 Å². The molecule has 0 aliphatic heterocycles. The van der Waals surface area contributed by atoms with Crippen molar-refractivity contribution in [2.24, 2.45) is 0 Å². The van der Waals surface area contributed by atoms with Crippen molar-refractivity contribution in [2.45, 2.75) is 19.3 Å². The van der Waals surface area contributed by atoms with Crippen LogP contribution in [-0.4, -0.2) is 67.0 Å². The third-order valence-electron chi connectivity index (χ3n) is 7.01. The molecular formula is C30H27F3N8O4S. The van der Waals surface area contributed by atoms with E-state index in [9.17, 15) is 21.6 Å². The van der Waals surface area contributed by atoms with Crippen molar-refractivity contribution in [1.29, 1.82) is 0 Å². The van der Waals surface area contributed by atoms with Gasteiger partial charge in [-0.2, -0.15) is 25.9 Å². The zero-order valence-electron chi connectivity index (χ0n) is 24.7. The largest absolute Gasteiger partial charge is 0.497 e. The van der Waals surface area contributed by atoms with Crippen LogP contribution in [0.3, 0.4) is 0 Å². The van der Waals surface area contributed by atoms with Crippen LogP contribution in [0, 0.1) is 0 Å². The molecule has 0 unspecified atom stereocenters. The zero-order chi connectivity index (χ0) is 32.6. The molecule has 0 radical (unpaired) electrons. The summed E-state index contributed by atoms with van der Waals surface area (Å²) in [5.41, 5.74) is 2.19. The van der Waals surface area contributed by atoms with Gasteiger partial charge < -0.3 is 9.47 Å². The fourth-order valence-corrected chi connectivity index (χ4v) is 5.43. The van der Waals surface area contributed by atoms with Crippen molar-refractivity contribution < 1.29 is 31.1 Å². The Morgan fingerprint density at radius 1 is 0.935 bits per heavy atom. The van der Waals surface area contributed by atoms with Gasteiger partial charge in [-0.3, -0.25) is 4.40 Å². The van der Waals surface area contributed by atoms with Crippen LogP contribution in [0.5, 0.6) is 11.5 Å². The number of imidazole rings is 2. The summed E-state index contributed by atoms with van der Waals surface area (Å²) in [6.07, 6.45) is -0.861. The van der Waals surface area contributed by atoms with E-state index in [0.717, 1.165) is 24.9 Å². The first-order valence-electron chi connectivity index (χ1n) is 13.8. The number of ether oxygens (including phenoxy) is 2. The van der Waals surface area contributed by atoms with Gasteiger partial charge in [-0.1, -0.05) is 42.5 Å². The van der Waals surface area contributed by atoms with Crippen LogP contribution in [0.4, 0.5) is 13.2 Å². The van der Waals surface area contributed by atoms with Crippen molar-refractivity contribution in [3.63, 3.8) is 0 Å². The quantitative estimate of drug-likeness (QED) is 0.208. The molecule has 0 saturated carbocycles. The molecule has 6 aromatic rings. The van der Waals surface area contributed by atoms with E-state index >= 15 is 0 Å². The van der Waals surface area contributed by atoms with E-state index in [1.54, 1.807) is 47.0 Å². The highest BCUT2D eigenvalue weighted by atomic mass is 32.2. The van der Waals surface area contributed by atoms with Gasteiger partial charge in [-0.25, -0.2) is 23.6 Å². The standard InChI is InChI=1S/C30H27F3N8O4S/c1-38(2)46(42,43)39-17-24(34-19-39)27-26(35-25-15-23(13-14-40(25)27)45-18-21-7-5-4-6-8-21)28-36-29(30(31,32)33)37-41(28)16-20-9-11-22(44-3)12-10-20/h4-15,17,19H,16,18H2,1-3H3. The summed E-state index contributed by atoms with van der Waals surface area (Å²) in [5.74, 6) is -0.518. The summed E-state index contributed by atoms with van der Waals surface area (Å²) >= 11 is 0. The van der Waals surface area contributed by atoms with Crippen LogP contribution < -0.4 is 9.47 Å². The highest BCUT2D eigenvalue weighted by Gasteiger charge is 2.38. The third kappa shape index (κ3) is 6.03. The molecular weight excluding hydrogens is 625 g/mol. The highest BCUT2D eigenvalue weighted by Crippen LogP contribution is 2.35. The molecule has 0 fully saturated rings. The molecule has 0 bridgehead atoms. The molecule has 46 heavy (non-hydrogen) atoms. The summed E-state index contributed by atoms with van der Waals surface area (Å²) in [4.78, 5) is 12.9. The Morgan fingerprint density at radius 3 is 2.35 bits per heavy atom. The predicted octanol–water partition coefficient (Wildman–Crippen LogP) is 4.77. The smallest absolute Gasteiger partial charge is 0.453 e. The number of pyridine rings is 1. The molecule has 0 aliphatic rings. The lowest BCUT2D eigenvalue weighted by atomic mass is 10.2. The monoisotopic (exact) mass is 652 g/mol. The molecule has 2 aromatic carbocycles. The van der Waals surface area contributed by atoms with E-state index in [1.165, 1.54) is 27.4 Å². The van der Waals surface area contributed by atoms with E-state index in [-0.39, 0.29) is 36.1 Å². The average molecular weight is 653 g/mol. The molecule has 16 heteroatoms. The second-order valence-corrected chi connectivity index (χ2v) is 12.4. The molecule has 0 N–H and O–H groups in total. The maximum atomic E-state index is 14.0. The minimum atomic E-state index is -4.85. The van der Waals surface area contributed by atoms with Crippen LogP contribution in [0.2, 0.25) is 0 Å². The summed E-state index contributed by atoms with van der Waals surface area (Å²) in [6, 6.07) is 19.6. The Balaban J connectivity index is 1.51. The number of hydrogen-bond donors (Lipinski definition) is 0. The fourth-order valence-electron chi connectivity index (χ4n) is 4.65. The van der Waals surface area contributed by atoms with Gasteiger partial charge in [0.05, 0.1) is 19.9 Å². The van der Waals surface area contributed by atoms with Crippen molar-refractivity contribution in [3.05, 3.63) is 102 Å². The van der Waals surface area contributed by atoms with Crippen molar-refractivity contribution in [2.75, 3.05) is 21.2 Å². The Labute approximate surface area is 261 Å². The Bertz CT molecular complexity index is 2110. The van der Waals surface area contributed by atoms with Gasteiger partial charge in [0, 0.05) is 26.4 Å². The van der Waals surface area contributed by atoms with Gasteiger partial charge in [-0.05, 0) is 29.3 Å². The fraction of sp³-hybridized carbons (Fsp3) is 0.200. The van der Waals surface area contributed by atoms with E-state index < -0.39 is 22.2 Å². The van der Waals surface area contributed by atoms with Crippen molar-refractivity contribution in [1.82, 2.24) is 37.4 Å². The van der Waals surface area contributed by atoms with E-state index in [0.29, 0.717) is 22.7 Å². The van der Waals surface area contributed by atoms with Crippen LogP contribution in [0.15, 0.2) is 85.5 Å². The van der Waals surface area contributed by atoms with E-state index in [4.69, 9.17) is 9.47 Å². The average Bonchev–Trinajstić information content (AvgIpc) is 3.77. The summed E-state index contributed by atoms with van der Waals surface area (Å²) in [6.45, 7) is 0.194. The first kappa shape index (κ1) is 30.8. The Morgan fingerprint density at radius 2 is 1.67 bits per heavy atom. The number of fused-ring (bicyclic) bond motifs is 1. The molecule has 4 aromatic heterocycles. The molecule has 0 amide bonds. The minimum Gasteiger partial charge on any atom is -0.497 e. The first-order valence-corrected chi connectivity index (χ1v) is 15.2. The minimum absolute atomic E-state index is 0.00391. The number of nitrogens with zero attached hydrogens (tertiary/aromatic N) is 8. The lowest BCUT2D eigenvalue weighted by Gasteiger charge is -2.10. The second-order valence-electron chi connectivity index (χ2n) is 10.3. The molecule has 0 spiro atoms. The number of rotatable bonds is 10. The Kier molecular flexibility index (Phi) is 7.99. The normalized spacial score (nSPS) is 12.2. The van der Waals surface area contributed by atoms with Gasteiger partial charge in [0.1, 0.15) is 47.2 Å². The Hall–Kier alpha value is -5.22. The number of aromatic nitrogens is 7. The SMILES string of the molecule is COc1ccc(Cn2nc(C(F)(F)F)nc2-c2nc3cc(OCc4ccccc4)ccn3c2-c2cn(S(=O)(=O)N(C)C)cn2)cc1. The zero-order valence-corrected chi connectivity index (χ0v) is 25.6. The number of benzene rings is 2. The summed E-state index contributed by atoms with van der Waals surface area (Å²) in [5, 5.41) is 3.80. The van der Waals surface area contributed by atoms with Gasteiger partial charge in [0.15, 0.2) is 5.82 Å². The van der Waals surface area contributed by atoms with Crippen LogP contribution in [0.1, 0.15) is 17.0 Å². The molecule has 12 nitrogen and oxygen atoms in total. The lowest BCUT2D eigenvalue weighted by molar-refractivity contribution is -0.144. The van der Waals surface area contributed by atoms with Gasteiger partial charge in [-0.15, -0.1) is 5.10 Å². The number of hydrogen-bond acceptors (Lipinski definition) is 8. The number of alkyl halides is 3. The number of methoxy groups -OCH3 is 1. The third-order valence-corrected chi connectivity index (χ3v) is 8.66. The molecule has 6 rings (SSSR count). The van der Waals surface area contributed by atoms with Gasteiger partial charge in [0.25, 0.3) is 5.82 Å². The highest BCUT2D eigenvalue weighted by molar-refractivity contribution is 7.87. The van der Waals surface area contributed by atoms with E-state index in [1.807, 2.05) is 30.3 Å². The number of halogens is 3. The molecule has 0 atom stereocenters. The first-order chi connectivity index (χ1) is 21.9. The predicted molar refractivity (Wildman–Crippen MR) is 161 cm³/mol. The maximum Gasteiger partial charge on any atom is 0.453 e. The van der Waals surface area contributed by atoms with Crippen LogP contribution >= 0.6 is 0 Å². The second kappa shape index (κ2) is 11.9.